The van der Waals surface area contributed by atoms with E-state index in [4.69, 9.17) is 5.11 Å². The number of aromatic nitrogens is 1. The summed E-state index contributed by atoms with van der Waals surface area (Å²) in [7, 11) is -3.85. The Morgan fingerprint density at radius 3 is 2.78 bits per heavy atom. The molecule has 0 aliphatic heterocycles. The maximum atomic E-state index is 11.9. The van der Waals surface area contributed by atoms with Crippen LogP contribution in [-0.4, -0.2) is 24.7 Å². The summed E-state index contributed by atoms with van der Waals surface area (Å²) in [5.41, 5.74) is 0.0546. The summed E-state index contributed by atoms with van der Waals surface area (Å²) in [4.78, 5) is 10.6. The Kier molecular flexibility index (Phi) is 3.02. The van der Waals surface area contributed by atoms with Crippen LogP contribution in [0.15, 0.2) is 46.1 Å². The van der Waals surface area contributed by atoms with Crippen molar-refractivity contribution in [2.24, 2.45) is 0 Å². The molecule has 2 rings (SSSR count). The number of hydrogen-bond donors (Lipinski definition) is 2. The minimum Gasteiger partial charge on any atom is -0.478 e. The topological polar surface area (TPSA) is 110 Å². The Labute approximate surface area is 102 Å². The van der Waals surface area contributed by atoms with Gasteiger partial charge in [0.15, 0.2) is 0 Å². The number of carbonyl (C=O) groups is 1. The zero-order chi connectivity index (χ0) is 13.2. The van der Waals surface area contributed by atoms with E-state index >= 15 is 0 Å². The Morgan fingerprint density at radius 1 is 1.39 bits per heavy atom. The number of anilines is 1. The third-order valence-electron chi connectivity index (χ3n) is 2.08. The Hall–Kier alpha value is -2.35. The van der Waals surface area contributed by atoms with E-state index in [0.717, 1.165) is 12.3 Å². The molecular weight excluding hydrogens is 260 g/mol. The number of benzene rings is 1. The summed E-state index contributed by atoms with van der Waals surface area (Å²) in [6.07, 6.45) is 2.32. The average Bonchev–Trinajstić information content (AvgIpc) is 2.81. The van der Waals surface area contributed by atoms with E-state index in [1.165, 1.54) is 24.4 Å². The number of sulfonamides is 1. The van der Waals surface area contributed by atoms with Crippen molar-refractivity contribution in [3.63, 3.8) is 0 Å². The molecule has 0 atom stereocenters. The lowest BCUT2D eigenvalue weighted by Crippen LogP contribution is -2.13. The van der Waals surface area contributed by atoms with Gasteiger partial charge in [-0.15, -0.1) is 0 Å². The zero-order valence-corrected chi connectivity index (χ0v) is 9.72. The first-order chi connectivity index (χ1) is 8.49. The molecule has 0 saturated heterocycles. The lowest BCUT2D eigenvalue weighted by atomic mass is 10.2. The smallest absolute Gasteiger partial charge is 0.335 e. The molecule has 0 spiro atoms. The number of aromatic carboxylic acids is 1. The molecule has 0 radical (unpaired) electrons. The number of carboxylic acids is 1. The van der Waals surface area contributed by atoms with Gasteiger partial charge < -0.3 is 9.63 Å². The second kappa shape index (κ2) is 4.49. The van der Waals surface area contributed by atoms with E-state index < -0.39 is 16.0 Å². The predicted octanol–water partition coefficient (Wildman–Crippen LogP) is 1.17. The van der Waals surface area contributed by atoms with Crippen LogP contribution in [0.4, 0.5) is 5.69 Å². The molecule has 0 amide bonds. The lowest BCUT2D eigenvalue weighted by molar-refractivity contribution is 0.0696. The van der Waals surface area contributed by atoms with Gasteiger partial charge >= 0.3 is 5.97 Å². The number of hydrogen-bond acceptors (Lipinski definition) is 5. The van der Waals surface area contributed by atoms with Gasteiger partial charge in [-0.25, -0.2) is 13.2 Å². The molecule has 0 aliphatic carbocycles. The second-order valence-electron chi connectivity index (χ2n) is 3.35. The van der Waals surface area contributed by atoms with Crippen molar-refractivity contribution in [1.82, 2.24) is 5.16 Å². The molecule has 94 valence electrons. The highest BCUT2D eigenvalue weighted by Gasteiger charge is 2.16. The minimum atomic E-state index is -3.85. The molecule has 7 nitrogen and oxygen atoms in total. The summed E-state index contributed by atoms with van der Waals surface area (Å²) in [6.45, 7) is 0. The van der Waals surface area contributed by atoms with E-state index in [9.17, 15) is 13.2 Å². The van der Waals surface area contributed by atoms with Crippen LogP contribution in [-0.2, 0) is 10.0 Å². The van der Waals surface area contributed by atoms with Crippen molar-refractivity contribution < 1.29 is 22.8 Å². The fraction of sp³-hybridized carbons (Fsp3) is 0. The van der Waals surface area contributed by atoms with Crippen molar-refractivity contribution in [2.45, 2.75) is 4.90 Å². The molecule has 0 fully saturated rings. The maximum Gasteiger partial charge on any atom is 0.335 e. The minimum absolute atomic E-state index is 0.108. The molecule has 0 bridgehead atoms. The number of nitrogens with one attached hydrogen (secondary N) is 1. The molecule has 1 aromatic carbocycles. The molecule has 2 N–H and O–H groups in total. The highest BCUT2D eigenvalue weighted by atomic mass is 32.2. The predicted molar refractivity (Wildman–Crippen MR) is 60.7 cm³/mol. The molecule has 18 heavy (non-hydrogen) atoms. The van der Waals surface area contributed by atoms with Crippen molar-refractivity contribution in [3.05, 3.63) is 42.3 Å². The Morgan fingerprint density at radius 2 is 2.17 bits per heavy atom. The van der Waals surface area contributed by atoms with Crippen molar-refractivity contribution in [1.29, 1.82) is 0 Å². The Bertz CT molecular complexity index is 663. The number of rotatable bonds is 4. The van der Waals surface area contributed by atoms with Gasteiger partial charge in [-0.3, -0.25) is 4.72 Å². The van der Waals surface area contributed by atoms with Gasteiger partial charge in [-0.1, -0.05) is 11.2 Å². The van der Waals surface area contributed by atoms with Crippen LogP contribution in [0.25, 0.3) is 0 Å². The first kappa shape index (κ1) is 12.1. The largest absolute Gasteiger partial charge is 0.478 e. The van der Waals surface area contributed by atoms with Gasteiger partial charge in [0.05, 0.1) is 16.7 Å². The third kappa shape index (κ3) is 2.48. The molecule has 0 aliphatic rings. The molecule has 8 heteroatoms. The van der Waals surface area contributed by atoms with Crippen molar-refractivity contribution in [2.75, 3.05) is 4.72 Å². The number of nitrogens with zero attached hydrogens (tertiary/aromatic N) is 1. The van der Waals surface area contributed by atoms with Gasteiger partial charge in [0.2, 0.25) is 0 Å². The average molecular weight is 268 g/mol. The quantitative estimate of drug-likeness (QED) is 0.861. The van der Waals surface area contributed by atoms with Gasteiger partial charge in [0.1, 0.15) is 12.0 Å². The molecule has 1 heterocycles. The van der Waals surface area contributed by atoms with Crippen LogP contribution < -0.4 is 4.72 Å². The van der Waals surface area contributed by atoms with Gasteiger partial charge in [-0.05, 0) is 18.2 Å². The fourth-order valence-corrected chi connectivity index (χ4v) is 2.33. The number of carboxylic acid groups (broad SMARTS) is 1. The van der Waals surface area contributed by atoms with Crippen LogP contribution in [0.3, 0.4) is 0 Å². The lowest BCUT2D eigenvalue weighted by Gasteiger charge is -2.05. The first-order valence-electron chi connectivity index (χ1n) is 4.74. The highest BCUT2D eigenvalue weighted by molar-refractivity contribution is 7.92. The third-order valence-corrected chi connectivity index (χ3v) is 3.45. The fourth-order valence-electron chi connectivity index (χ4n) is 1.27. The van der Waals surface area contributed by atoms with Gasteiger partial charge in [0, 0.05) is 0 Å². The van der Waals surface area contributed by atoms with Crippen LogP contribution in [0, 0.1) is 0 Å². The standard InChI is InChI=1S/C10H8N2O5S/c13-10(14)7-2-1-3-9(4-7)18(15,16)12-8-5-11-17-6-8/h1-6,12H,(H,13,14). The maximum absolute atomic E-state index is 11.9. The Balaban J connectivity index is 2.35. The zero-order valence-electron chi connectivity index (χ0n) is 8.90. The second-order valence-corrected chi connectivity index (χ2v) is 5.03. The molecule has 2 aromatic rings. The summed E-state index contributed by atoms with van der Waals surface area (Å²) in [5, 5.41) is 12.1. The molecule has 0 unspecified atom stereocenters. The molecule has 1 aromatic heterocycles. The van der Waals surface area contributed by atoms with Crippen LogP contribution in [0.2, 0.25) is 0 Å². The van der Waals surface area contributed by atoms with Crippen molar-refractivity contribution >= 4 is 21.7 Å². The van der Waals surface area contributed by atoms with Crippen LogP contribution in [0.5, 0.6) is 0 Å². The monoisotopic (exact) mass is 268 g/mol. The van der Waals surface area contributed by atoms with Gasteiger partial charge in [0.25, 0.3) is 10.0 Å². The normalized spacial score (nSPS) is 11.1. The van der Waals surface area contributed by atoms with Gasteiger partial charge in [-0.2, -0.15) is 0 Å². The highest BCUT2D eigenvalue weighted by Crippen LogP contribution is 2.16. The van der Waals surface area contributed by atoms with Crippen LogP contribution >= 0.6 is 0 Å². The van der Waals surface area contributed by atoms with E-state index in [2.05, 4.69) is 14.4 Å². The summed E-state index contributed by atoms with van der Waals surface area (Å²) >= 11 is 0. The van der Waals surface area contributed by atoms with E-state index in [0.29, 0.717) is 0 Å². The van der Waals surface area contributed by atoms with E-state index in [1.807, 2.05) is 0 Å². The summed E-state index contributed by atoms with van der Waals surface area (Å²) in [5.74, 6) is -1.20. The summed E-state index contributed by atoms with van der Waals surface area (Å²) in [6, 6.07) is 5.02. The molecule has 0 saturated carbocycles. The van der Waals surface area contributed by atoms with Crippen molar-refractivity contribution in [3.8, 4) is 0 Å². The summed E-state index contributed by atoms with van der Waals surface area (Å²) < 4.78 is 30.5. The van der Waals surface area contributed by atoms with E-state index in [1.54, 1.807) is 0 Å². The SMILES string of the molecule is O=C(O)c1cccc(S(=O)(=O)Nc2cnoc2)c1. The first-order valence-corrected chi connectivity index (χ1v) is 6.23. The van der Waals surface area contributed by atoms with E-state index in [-0.39, 0.29) is 16.1 Å². The van der Waals surface area contributed by atoms with Crippen LogP contribution in [0.1, 0.15) is 10.4 Å². The molecular formula is C10H8N2O5S.